The maximum Gasteiger partial charge on any atom is 0.255 e. The minimum atomic E-state index is -0.912. The number of benzene rings is 2. The summed E-state index contributed by atoms with van der Waals surface area (Å²) in [5, 5.41) is 3.20. The molecule has 0 bridgehead atoms. The van der Waals surface area contributed by atoms with Crippen molar-refractivity contribution in [3.63, 3.8) is 0 Å². The molecule has 2 aromatic rings. The summed E-state index contributed by atoms with van der Waals surface area (Å²) in [6, 6.07) is 15.8. The van der Waals surface area contributed by atoms with Crippen LogP contribution < -0.4 is 5.32 Å². The van der Waals surface area contributed by atoms with Gasteiger partial charge in [-0.1, -0.05) is 43.5 Å². The fraction of sp³-hybridized carbons (Fsp3) is 0.480. The Labute approximate surface area is 181 Å². The molecule has 4 nitrogen and oxygen atoms in total. The van der Waals surface area contributed by atoms with E-state index in [2.05, 4.69) is 17.4 Å². The zero-order valence-corrected chi connectivity index (χ0v) is 18.3. The van der Waals surface area contributed by atoms with E-state index in [-0.39, 0.29) is 11.2 Å². The third-order valence-electron chi connectivity index (χ3n) is 6.28. The lowest BCUT2D eigenvalue weighted by Gasteiger charge is -2.22. The van der Waals surface area contributed by atoms with E-state index in [1.165, 1.54) is 37.7 Å². The molecule has 5 heteroatoms. The SMILES string of the molecule is O=C(Nc1cccc(CS(=O)C2CCOCC2)c1)c1ccc(C2CCCCC2)cc1. The molecular formula is C25H31NO3S. The summed E-state index contributed by atoms with van der Waals surface area (Å²) in [7, 11) is -0.912. The number of carbonyl (C=O) groups is 1. The quantitative estimate of drug-likeness (QED) is 0.673. The molecular weight excluding hydrogens is 394 g/mol. The van der Waals surface area contributed by atoms with Gasteiger partial charge in [-0.05, 0) is 67.0 Å². The molecule has 30 heavy (non-hydrogen) atoms. The van der Waals surface area contributed by atoms with Crippen molar-refractivity contribution in [2.24, 2.45) is 0 Å². The topological polar surface area (TPSA) is 55.4 Å². The van der Waals surface area contributed by atoms with Crippen LogP contribution >= 0.6 is 0 Å². The number of ether oxygens (including phenoxy) is 1. The van der Waals surface area contributed by atoms with Crippen LogP contribution in [0.2, 0.25) is 0 Å². The van der Waals surface area contributed by atoms with Crippen molar-refractivity contribution in [2.45, 2.75) is 61.9 Å². The molecule has 1 aliphatic carbocycles. The van der Waals surface area contributed by atoms with E-state index < -0.39 is 10.8 Å². The molecule has 0 spiro atoms. The maximum atomic E-state index is 12.7. The van der Waals surface area contributed by atoms with Gasteiger partial charge in [0.05, 0.1) is 0 Å². The van der Waals surface area contributed by atoms with E-state index in [9.17, 15) is 9.00 Å². The zero-order chi connectivity index (χ0) is 20.8. The molecule has 2 fully saturated rings. The molecule has 2 aromatic carbocycles. The first kappa shape index (κ1) is 21.3. The number of rotatable bonds is 6. The maximum absolute atomic E-state index is 12.7. The van der Waals surface area contributed by atoms with Gasteiger partial charge in [-0.2, -0.15) is 0 Å². The second-order valence-corrected chi connectivity index (χ2v) is 10.2. The van der Waals surface area contributed by atoms with Crippen LogP contribution in [0.25, 0.3) is 0 Å². The monoisotopic (exact) mass is 425 g/mol. The Hall–Kier alpha value is -1.98. The molecule has 1 N–H and O–H groups in total. The van der Waals surface area contributed by atoms with E-state index >= 15 is 0 Å². The fourth-order valence-electron chi connectivity index (χ4n) is 4.51. The van der Waals surface area contributed by atoms with Gasteiger partial charge in [0, 0.05) is 46.3 Å². The van der Waals surface area contributed by atoms with E-state index in [4.69, 9.17) is 4.74 Å². The van der Waals surface area contributed by atoms with Gasteiger partial charge in [0.15, 0.2) is 0 Å². The first-order valence-electron chi connectivity index (χ1n) is 11.1. The number of hydrogen-bond donors (Lipinski definition) is 1. The van der Waals surface area contributed by atoms with Crippen molar-refractivity contribution in [1.82, 2.24) is 0 Å². The Morgan fingerprint density at radius 1 is 0.967 bits per heavy atom. The summed E-state index contributed by atoms with van der Waals surface area (Å²) in [6.07, 6.45) is 8.20. The summed E-state index contributed by atoms with van der Waals surface area (Å²) >= 11 is 0. The molecule has 0 aromatic heterocycles. The van der Waals surface area contributed by atoms with E-state index in [1.54, 1.807) is 0 Å². The fourth-order valence-corrected chi connectivity index (χ4v) is 5.97. The van der Waals surface area contributed by atoms with Crippen LogP contribution in [0, 0.1) is 0 Å². The summed E-state index contributed by atoms with van der Waals surface area (Å²) in [6.45, 7) is 1.40. The van der Waals surface area contributed by atoms with Crippen LogP contribution in [0.15, 0.2) is 48.5 Å². The van der Waals surface area contributed by atoms with Crippen molar-refractivity contribution in [3.05, 3.63) is 65.2 Å². The van der Waals surface area contributed by atoms with Crippen molar-refractivity contribution in [3.8, 4) is 0 Å². The van der Waals surface area contributed by atoms with Gasteiger partial charge in [-0.15, -0.1) is 0 Å². The Morgan fingerprint density at radius 3 is 2.43 bits per heavy atom. The van der Waals surface area contributed by atoms with Gasteiger partial charge < -0.3 is 10.1 Å². The van der Waals surface area contributed by atoms with Gasteiger partial charge in [0.1, 0.15) is 0 Å². The Balaban J connectivity index is 1.36. The van der Waals surface area contributed by atoms with Crippen molar-refractivity contribution in [1.29, 1.82) is 0 Å². The highest BCUT2D eigenvalue weighted by atomic mass is 32.2. The summed E-state index contributed by atoms with van der Waals surface area (Å²) < 4.78 is 18.0. The van der Waals surface area contributed by atoms with Gasteiger partial charge in [-0.3, -0.25) is 9.00 Å². The Kier molecular flexibility index (Phi) is 7.34. The highest BCUT2D eigenvalue weighted by Crippen LogP contribution is 2.32. The van der Waals surface area contributed by atoms with Gasteiger partial charge in [0.2, 0.25) is 0 Å². The molecule has 2 aliphatic rings. The van der Waals surface area contributed by atoms with Crippen LogP contribution in [0.1, 0.15) is 72.3 Å². The first-order valence-corrected chi connectivity index (χ1v) is 12.5. The number of carbonyl (C=O) groups excluding carboxylic acids is 1. The largest absolute Gasteiger partial charge is 0.381 e. The molecule has 1 amide bonds. The molecule has 1 aliphatic heterocycles. The second kappa shape index (κ2) is 10.4. The third kappa shape index (κ3) is 5.58. The average molecular weight is 426 g/mol. The molecule has 0 radical (unpaired) electrons. The average Bonchev–Trinajstić information content (AvgIpc) is 2.80. The second-order valence-electron chi connectivity index (χ2n) is 8.45. The van der Waals surface area contributed by atoms with Gasteiger partial charge >= 0.3 is 0 Å². The molecule has 160 valence electrons. The van der Waals surface area contributed by atoms with Crippen molar-refractivity contribution >= 4 is 22.4 Å². The number of anilines is 1. The summed E-state index contributed by atoms with van der Waals surface area (Å²) in [4.78, 5) is 12.7. The van der Waals surface area contributed by atoms with Crippen LogP contribution in [0.5, 0.6) is 0 Å². The van der Waals surface area contributed by atoms with Crippen molar-refractivity contribution in [2.75, 3.05) is 18.5 Å². The molecule has 1 unspecified atom stereocenters. The molecule has 1 heterocycles. The molecule has 1 saturated heterocycles. The first-order chi connectivity index (χ1) is 14.7. The van der Waals surface area contributed by atoms with Crippen molar-refractivity contribution < 1.29 is 13.7 Å². The molecule has 1 saturated carbocycles. The number of nitrogens with one attached hydrogen (secondary N) is 1. The van der Waals surface area contributed by atoms with Crippen LogP contribution in [-0.4, -0.2) is 28.6 Å². The van der Waals surface area contributed by atoms with E-state index in [0.29, 0.717) is 30.4 Å². The lowest BCUT2D eigenvalue weighted by Crippen LogP contribution is -2.25. The summed E-state index contributed by atoms with van der Waals surface area (Å²) in [5.74, 6) is 1.06. The minimum Gasteiger partial charge on any atom is -0.381 e. The van der Waals surface area contributed by atoms with Gasteiger partial charge in [0.25, 0.3) is 5.91 Å². The standard InChI is InChI=1S/C25H31NO3S/c27-25(22-11-9-21(10-12-22)20-6-2-1-3-7-20)26-23-8-4-5-19(17-23)18-30(28)24-13-15-29-16-14-24/h4-5,8-12,17,20,24H,1-3,6-7,13-16,18H2,(H,26,27). The van der Waals surface area contributed by atoms with Crippen LogP contribution in [-0.2, 0) is 21.3 Å². The normalized spacial score (nSPS) is 19.3. The van der Waals surface area contributed by atoms with Gasteiger partial charge in [-0.25, -0.2) is 0 Å². The number of amides is 1. The summed E-state index contributed by atoms with van der Waals surface area (Å²) in [5.41, 5.74) is 3.76. The van der Waals surface area contributed by atoms with Crippen LogP contribution in [0.3, 0.4) is 0 Å². The lowest BCUT2D eigenvalue weighted by atomic mass is 9.84. The predicted octanol–water partition coefficient (Wildman–Crippen LogP) is 5.41. The minimum absolute atomic E-state index is 0.104. The lowest BCUT2D eigenvalue weighted by molar-refractivity contribution is 0.0991. The van der Waals surface area contributed by atoms with Crippen LogP contribution in [0.4, 0.5) is 5.69 Å². The highest BCUT2D eigenvalue weighted by Gasteiger charge is 2.20. The third-order valence-corrected chi connectivity index (χ3v) is 8.12. The number of hydrogen-bond acceptors (Lipinski definition) is 3. The van der Waals surface area contributed by atoms with E-state index in [1.807, 2.05) is 36.4 Å². The Morgan fingerprint density at radius 2 is 1.70 bits per heavy atom. The molecule has 1 atom stereocenters. The Bertz CT molecular complexity index is 868. The predicted molar refractivity (Wildman–Crippen MR) is 122 cm³/mol. The molecule has 4 rings (SSSR count). The zero-order valence-electron chi connectivity index (χ0n) is 17.5. The smallest absolute Gasteiger partial charge is 0.255 e. The highest BCUT2D eigenvalue weighted by molar-refractivity contribution is 7.84. The van der Waals surface area contributed by atoms with E-state index in [0.717, 1.165) is 24.1 Å².